The molecule has 0 aliphatic heterocycles. The van der Waals surface area contributed by atoms with E-state index in [1.54, 1.807) is 24.3 Å². The van der Waals surface area contributed by atoms with E-state index in [1.165, 1.54) is 26.4 Å². The van der Waals surface area contributed by atoms with E-state index in [0.717, 1.165) is 10.4 Å². The van der Waals surface area contributed by atoms with Crippen LogP contribution in [0.2, 0.25) is 0 Å². The van der Waals surface area contributed by atoms with E-state index in [-0.39, 0.29) is 24.2 Å². The molecule has 0 amide bonds. The molecular weight excluding hydrogens is 349 g/mol. The summed E-state index contributed by atoms with van der Waals surface area (Å²) in [5, 5.41) is 0. The molecule has 1 unspecified atom stereocenters. The van der Waals surface area contributed by atoms with Gasteiger partial charge < -0.3 is 14.0 Å². The van der Waals surface area contributed by atoms with Crippen LogP contribution in [0.4, 0.5) is 4.39 Å². The van der Waals surface area contributed by atoms with Crippen molar-refractivity contribution in [3.8, 4) is 5.75 Å². The molecule has 0 bridgehead atoms. The number of rotatable bonds is 7. The van der Waals surface area contributed by atoms with E-state index in [9.17, 15) is 17.9 Å². The number of carbonyl (C=O) groups excluding carboxylic acids is 1. The van der Waals surface area contributed by atoms with Crippen molar-refractivity contribution in [2.24, 2.45) is 0 Å². The number of ether oxygens (including phenoxy) is 2. The Bertz CT molecular complexity index is 783. The first-order valence-corrected chi connectivity index (χ1v) is 8.32. The zero-order valence-corrected chi connectivity index (χ0v) is 14.5. The summed E-state index contributed by atoms with van der Waals surface area (Å²) in [7, 11) is 2.69. The summed E-state index contributed by atoms with van der Waals surface area (Å²) in [6.45, 7) is -0.153. The van der Waals surface area contributed by atoms with E-state index in [2.05, 4.69) is 4.74 Å². The van der Waals surface area contributed by atoms with E-state index in [0.29, 0.717) is 11.3 Å². The molecule has 0 aliphatic carbocycles. The fraction of sp³-hybridized carbons (Fsp3) is 0.235. The van der Waals surface area contributed by atoms with E-state index < -0.39 is 23.1 Å². The van der Waals surface area contributed by atoms with Gasteiger partial charge in [-0.1, -0.05) is 24.3 Å². The number of halogens is 1. The molecule has 0 saturated carbocycles. The second kappa shape index (κ2) is 8.70. The molecular formula is C17H17FNO5S-. The predicted molar refractivity (Wildman–Crippen MR) is 88.9 cm³/mol. The Balaban J connectivity index is 2.22. The molecule has 1 atom stereocenters. The van der Waals surface area contributed by atoms with Crippen LogP contribution >= 0.6 is 0 Å². The molecule has 2 rings (SSSR count). The second-order valence-electron chi connectivity index (χ2n) is 5.12. The SMILES string of the molecule is COC(=O)c1ccc(CN(Cc2ccccc2OC)S(=O)[O-])c(F)c1. The van der Waals surface area contributed by atoms with Crippen LogP contribution < -0.4 is 4.74 Å². The molecule has 0 spiro atoms. The van der Waals surface area contributed by atoms with Crippen LogP contribution in [0.5, 0.6) is 5.75 Å². The summed E-state index contributed by atoms with van der Waals surface area (Å²) in [6, 6.07) is 10.8. The van der Waals surface area contributed by atoms with Gasteiger partial charge in [-0.05, 0) is 18.2 Å². The number of esters is 1. The Kier molecular flexibility index (Phi) is 6.63. The molecule has 0 fully saturated rings. The highest BCUT2D eigenvalue weighted by Crippen LogP contribution is 2.22. The quantitative estimate of drug-likeness (QED) is 0.555. The molecule has 0 heterocycles. The van der Waals surface area contributed by atoms with Gasteiger partial charge in [-0.15, -0.1) is 0 Å². The largest absolute Gasteiger partial charge is 0.760 e. The Labute approximate surface area is 147 Å². The highest BCUT2D eigenvalue weighted by atomic mass is 32.2. The van der Waals surface area contributed by atoms with Crippen molar-refractivity contribution in [1.82, 2.24) is 4.31 Å². The molecule has 0 aromatic heterocycles. The summed E-state index contributed by atoms with van der Waals surface area (Å²) in [5.41, 5.74) is 0.857. The topological polar surface area (TPSA) is 78.9 Å². The number of carbonyl (C=O) groups is 1. The maximum absolute atomic E-state index is 14.2. The van der Waals surface area contributed by atoms with Crippen molar-refractivity contribution in [3.63, 3.8) is 0 Å². The standard InChI is InChI=1S/C17H18FNO5S/c1-23-16-6-4-3-5-14(16)11-19(25(21)22)10-13-8-7-12(9-15(13)18)17(20)24-2/h3-9H,10-11H2,1-2H3,(H,21,22)/p-1. The highest BCUT2D eigenvalue weighted by Gasteiger charge is 2.15. The molecule has 6 nitrogen and oxygen atoms in total. The van der Waals surface area contributed by atoms with Gasteiger partial charge in [-0.3, -0.25) is 4.21 Å². The van der Waals surface area contributed by atoms with Crippen molar-refractivity contribution < 1.29 is 27.4 Å². The molecule has 0 radical (unpaired) electrons. The molecule has 0 N–H and O–H groups in total. The average Bonchev–Trinajstić information content (AvgIpc) is 2.62. The fourth-order valence-electron chi connectivity index (χ4n) is 2.30. The van der Waals surface area contributed by atoms with Gasteiger partial charge in [0.25, 0.3) is 0 Å². The Morgan fingerprint density at radius 2 is 1.84 bits per heavy atom. The van der Waals surface area contributed by atoms with Gasteiger partial charge in [-0.2, -0.15) is 0 Å². The van der Waals surface area contributed by atoms with Gasteiger partial charge in [-0.25, -0.2) is 13.5 Å². The zero-order valence-electron chi connectivity index (χ0n) is 13.7. The Morgan fingerprint density at radius 3 is 2.44 bits per heavy atom. The molecule has 134 valence electrons. The molecule has 2 aromatic rings. The molecule has 0 aliphatic rings. The van der Waals surface area contributed by atoms with Crippen molar-refractivity contribution >= 4 is 17.2 Å². The van der Waals surface area contributed by atoms with E-state index >= 15 is 0 Å². The van der Waals surface area contributed by atoms with Crippen LogP contribution in [0.1, 0.15) is 21.5 Å². The molecule has 25 heavy (non-hydrogen) atoms. The minimum Gasteiger partial charge on any atom is -0.760 e. The maximum atomic E-state index is 14.2. The summed E-state index contributed by atoms with van der Waals surface area (Å²) in [5.74, 6) is -0.804. The van der Waals surface area contributed by atoms with Crippen molar-refractivity contribution in [2.75, 3.05) is 14.2 Å². The first-order valence-electron chi connectivity index (χ1n) is 7.29. The fourth-order valence-corrected chi connectivity index (χ4v) is 2.78. The number of para-hydroxylation sites is 1. The minimum absolute atomic E-state index is 0.0261. The van der Waals surface area contributed by atoms with E-state index in [4.69, 9.17) is 4.74 Å². The third-order valence-electron chi connectivity index (χ3n) is 3.57. The van der Waals surface area contributed by atoms with Gasteiger partial charge >= 0.3 is 5.97 Å². The third-order valence-corrected chi connectivity index (χ3v) is 4.25. The maximum Gasteiger partial charge on any atom is 0.337 e. The first-order chi connectivity index (χ1) is 12.0. The minimum atomic E-state index is -2.57. The van der Waals surface area contributed by atoms with Crippen molar-refractivity contribution in [2.45, 2.75) is 13.1 Å². The van der Waals surface area contributed by atoms with Gasteiger partial charge in [0, 0.05) is 35.5 Å². The average molecular weight is 366 g/mol. The second-order valence-corrected chi connectivity index (χ2v) is 6.08. The van der Waals surface area contributed by atoms with Crippen molar-refractivity contribution in [3.05, 3.63) is 65.0 Å². The summed E-state index contributed by atoms with van der Waals surface area (Å²) >= 11 is -2.57. The first kappa shape index (κ1) is 19.0. The van der Waals surface area contributed by atoms with E-state index in [1.807, 2.05) is 0 Å². The molecule has 2 aromatic carbocycles. The lowest BCUT2D eigenvalue weighted by molar-refractivity contribution is 0.0600. The molecule has 8 heteroatoms. The van der Waals surface area contributed by atoms with Gasteiger partial charge in [0.1, 0.15) is 11.6 Å². The highest BCUT2D eigenvalue weighted by molar-refractivity contribution is 7.76. The number of hydrogen-bond donors (Lipinski definition) is 0. The van der Waals surface area contributed by atoms with Crippen LogP contribution in [-0.2, 0) is 29.1 Å². The lowest BCUT2D eigenvalue weighted by Gasteiger charge is -2.25. The summed E-state index contributed by atoms with van der Waals surface area (Å²) in [6.07, 6.45) is 0. The number of methoxy groups -OCH3 is 2. The zero-order chi connectivity index (χ0) is 18.4. The van der Waals surface area contributed by atoms with Gasteiger partial charge in [0.15, 0.2) is 0 Å². The number of benzene rings is 2. The summed E-state index contributed by atoms with van der Waals surface area (Å²) in [4.78, 5) is 11.4. The third kappa shape index (κ3) is 4.85. The van der Waals surface area contributed by atoms with Crippen LogP contribution in [0.25, 0.3) is 0 Å². The van der Waals surface area contributed by atoms with Crippen LogP contribution in [0.15, 0.2) is 42.5 Å². The predicted octanol–water partition coefficient (Wildman–Crippen LogP) is 2.42. The van der Waals surface area contributed by atoms with Crippen LogP contribution in [0.3, 0.4) is 0 Å². The normalized spacial score (nSPS) is 12.0. The van der Waals surface area contributed by atoms with Gasteiger partial charge in [0.05, 0.1) is 19.8 Å². The Hall–Kier alpha value is -2.29. The van der Waals surface area contributed by atoms with Crippen molar-refractivity contribution in [1.29, 1.82) is 0 Å². The lowest BCUT2D eigenvalue weighted by atomic mass is 10.1. The Morgan fingerprint density at radius 1 is 1.16 bits per heavy atom. The van der Waals surface area contributed by atoms with Crippen LogP contribution in [-0.4, -0.2) is 33.3 Å². The smallest absolute Gasteiger partial charge is 0.337 e. The van der Waals surface area contributed by atoms with Crippen LogP contribution in [0, 0.1) is 5.82 Å². The molecule has 0 saturated heterocycles. The number of nitrogens with zero attached hydrogens (tertiary/aromatic N) is 1. The summed E-state index contributed by atoms with van der Waals surface area (Å²) < 4.78 is 48.0. The monoisotopic (exact) mass is 366 g/mol. The van der Waals surface area contributed by atoms with Gasteiger partial charge in [0.2, 0.25) is 0 Å². The number of hydrogen-bond acceptors (Lipinski definition) is 5. The lowest BCUT2D eigenvalue weighted by Crippen LogP contribution is -2.25.